The largest absolute Gasteiger partial charge is 0.497 e. The SMILES string of the molecule is COc1ccc(C2=C(Nc3ccc(OC)cc3OC)C(=O)N(Cc3ccc(C)cc3)C2=O)cc1. The topological polar surface area (TPSA) is 77.1 Å². The van der Waals surface area contributed by atoms with Crippen molar-refractivity contribution in [2.24, 2.45) is 0 Å². The van der Waals surface area contributed by atoms with Gasteiger partial charge in [-0.05, 0) is 42.3 Å². The molecule has 4 rings (SSSR count). The van der Waals surface area contributed by atoms with Crippen LogP contribution in [0.3, 0.4) is 0 Å². The van der Waals surface area contributed by atoms with Crippen LogP contribution in [-0.4, -0.2) is 38.0 Å². The molecule has 1 N–H and O–H groups in total. The van der Waals surface area contributed by atoms with E-state index in [0.29, 0.717) is 28.5 Å². The van der Waals surface area contributed by atoms with Gasteiger partial charge in [0.15, 0.2) is 0 Å². The zero-order chi connectivity index (χ0) is 24.2. The Kier molecular flexibility index (Phi) is 6.54. The lowest BCUT2D eigenvalue weighted by molar-refractivity contribution is -0.137. The average molecular weight is 459 g/mol. The molecule has 0 radical (unpaired) electrons. The van der Waals surface area contributed by atoms with Crippen LogP contribution in [0.1, 0.15) is 16.7 Å². The van der Waals surface area contributed by atoms with Crippen molar-refractivity contribution in [2.75, 3.05) is 26.6 Å². The van der Waals surface area contributed by atoms with E-state index in [1.54, 1.807) is 56.7 Å². The predicted molar refractivity (Wildman–Crippen MR) is 130 cm³/mol. The molecular formula is C27H26N2O5. The summed E-state index contributed by atoms with van der Waals surface area (Å²) in [6.45, 7) is 2.16. The summed E-state index contributed by atoms with van der Waals surface area (Å²) >= 11 is 0. The molecule has 34 heavy (non-hydrogen) atoms. The van der Waals surface area contributed by atoms with Crippen molar-refractivity contribution in [3.63, 3.8) is 0 Å². The van der Waals surface area contributed by atoms with Crippen LogP contribution in [-0.2, 0) is 16.1 Å². The Bertz CT molecular complexity index is 1250. The fourth-order valence-corrected chi connectivity index (χ4v) is 3.77. The quantitative estimate of drug-likeness (QED) is 0.504. The Balaban J connectivity index is 1.75. The Morgan fingerprint density at radius 2 is 1.41 bits per heavy atom. The number of amides is 2. The summed E-state index contributed by atoms with van der Waals surface area (Å²) in [6, 6.07) is 20.0. The third-order valence-corrected chi connectivity index (χ3v) is 5.68. The standard InChI is InChI=1S/C27H26N2O5/c1-17-5-7-18(8-6-17)16-29-26(30)24(19-9-11-20(32-2)12-10-19)25(27(29)31)28-22-14-13-21(33-3)15-23(22)34-4/h5-15,28H,16H2,1-4H3. The summed E-state index contributed by atoms with van der Waals surface area (Å²) in [5.74, 6) is 0.976. The predicted octanol–water partition coefficient (Wildman–Crippen LogP) is 4.41. The van der Waals surface area contributed by atoms with Crippen LogP contribution >= 0.6 is 0 Å². The fraction of sp³-hybridized carbons (Fsp3) is 0.185. The first kappa shape index (κ1) is 22.9. The molecule has 2 amide bonds. The van der Waals surface area contributed by atoms with Crippen LogP contribution < -0.4 is 19.5 Å². The van der Waals surface area contributed by atoms with Crippen molar-refractivity contribution in [2.45, 2.75) is 13.5 Å². The van der Waals surface area contributed by atoms with Crippen molar-refractivity contribution >= 4 is 23.1 Å². The number of imide groups is 1. The van der Waals surface area contributed by atoms with Crippen LogP contribution in [0.4, 0.5) is 5.69 Å². The highest BCUT2D eigenvalue weighted by Gasteiger charge is 2.39. The van der Waals surface area contributed by atoms with Gasteiger partial charge in [0.1, 0.15) is 22.9 Å². The zero-order valence-corrected chi connectivity index (χ0v) is 19.5. The molecule has 0 fully saturated rings. The van der Waals surface area contributed by atoms with Crippen LogP contribution in [0.25, 0.3) is 5.57 Å². The van der Waals surface area contributed by atoms with E-state index in [2.05, 4.69) is 5.32 Å². The summed E-state index contributed by atoms with van der Waals surface area (Å²) in [4.78, 5) is 28.3. The van der Waals surface area contributed by atoms with Crippen LogP contribution in [0, 0.1) is 6.92 Å². The highest BCUT2D eigenvalue weighted by Crippen LogP contribution is 2.36. The van der Waals surface area contributed by atoms with Crippen LogP contribution in [0.15, 0.2) is 72.4 Å². The molecule has 1 aliphatic rings. The summed E-state index contributed by atoms with van der Waals surface area (Å²) in [7, 11) is 4.67. The molecule has 3 aromatic carbocycles. The molecule has 0 aromatic heterocycles. The van der Waals surface area contributed by atoms with Gasteiger partial charge in [-0.2, -0.15) is 0 Å². The monoisotopic (exact) mass is 458 g/mol. The zero-order valence-electron chi connectivity index (χ0n) is 19.5. The summed E-state index contributed by atoms with van der Waals surface area (Å²) in [6.07, 6.45) is 0. The van der Waals surface area contributed by atoms with E-state index in [1.165, 1.54) is 12.0 Å². The number of nitrogens with zero attached hydrogens (tertiary/aromatic N) is 1. The molecule has 0 unspecified atom stereocenters. The van der Waals surface area contributed by atoms with Gasteiger partial charge in [0.25, 0.3) is 11.8 Å². The first-order valence-electron chi connectivity index (χ1n) is 10.7. The van der Waals surface area contributed by atoms with Gasteiger partial charge in [0, 0.05) is 6.07 Å². The van der Waals surface area contributed by atoms with Gasteiger partial charge < -0.3 is 19.5 Å². The number of aryl methyl sites for hydroxylation is 1. The van der Waals surface area contributed by atoms with Gasteiger partial charge in [-0.25, -0.2) is 0 Å². The number of nitrogens with one attached hydrogen (secondary N) is 1. The van der Waals surface area contributed by atoms with Gasteiger partial charge in [-0.1, -0.05) is 42.0 Å². The lowest BCUT2D eigenvalue weighted by Gasteiger charge is -2.16. The van der Waals surface area contributed by atoms with Crippen molar-refractivity contribution in [3.05, 3.63) is 89.1 Å². The highest BCUT2D eigenvalue weighted by molar-refractivity contribution is 6.36. The number of anilines is 1. The van der Waals surface area contributed by atoms with Crippen molar-refractivity contribution in [1.82, 2.24) is 4.90 Å². The lowest BCUT2D eigenvalue weighted by Crippen LogP contribution is -2.32. The third-order valence-electron chi connectivity index (χ3n) is 5.68. The summed E-state index contributed by atoms with van der Waals surface area (Å²) in [5.41, 5.74) is 3.60. The second-order valence-corrected chi connectivity index (χ2v) is 7.85. The van der Waals surface area contributed by atoms with E-state index in [4.69, 9.17) is 14.2 Å². The molecule has 7 nitrogen and oxygen atoms in total. The van der Waals surface area contributed by atoms with E-state index in [0.717, 1.165) is 11.1 Å². The number of rotatable bonds is 8. The Hall–Kier alpha value is -4.26. The molecule has 1 aliphatic heterocycles. The third kappa shape index (κ3) is 4.45. The van der Waals surface area contributed by atoms with E-state index in [1.807, 2.05) is 31.2 Å². The molecule has 0 saturated heterocycles. The fourth-order valence-electron chi connectivity index (χ4n) is 3.77. The van der Waals surface area contributed by atoms with Gasteiger partial charge in [-0.15, -0.1) is 0 Å². The Morgan fingerprint density at radius 1 is 0.765 bits per heavy atom. The normalized spacial score (nSPS) is 13.4. The Morgan fingerprint density at radius 3 is 2.03 bits per heavy atom. The first-order valence-corrected chi connectivity index (χ1v) is 10.7. The molecule has 0 saturated carbocycles. The van der Waals surface area contributed by atoms with Crippen molar-refractivity contribution < 1.29 is 23.8 Å². The van der Waals surface area contributed by atoms with E-state index in [-0.39, 0.29) is 23.7 Å². The van der Waals surface area contributed by atoms with Crippen LogP contribution in [0.5, 0.6) is 17.2 Å². The molecule has 0 atom stereocenters. The van der Waals surface area contributed by atoms with Gasteiger partial charge in [0.2, 0.25) is 0 Å². The number of benzene rings is 3. The van der Waals surface area contributed by atoms with Gasteiger partial charge in [-0.3, -0.25) is 14.5 Å². The molecule has 1 heterocycles. The summed E-state index contributed by atoms with van der Waals surface area (Å²) < 4.78 is 16.0. The van der Waals surface area contributed by atoms with E-state index in [9.17, 15) is 9.59 Å². The maximum atomic E-state index is 13.5. The van der Waals surface area contributed by atoms with Crippen LogP contribution in [0.2, 0.25) is 0 Å². The average Bonchev–Trinajstić information content (AvgIpc) is 3.09. The molecular weight excluding hydrogens is 432 g/mol. The number of ether oxygens (including phenoxy) is 3. The number of methoxy groups -OCH3 is 3. The van der Waals surface area contributed by atoms with E-state index >= 15 is 0 Å². The van der Waals surface area contributed by atoms with Gasteiger partial charge >= 0.3 is 0 Å². The van der Waals surface area contributed by atoms with Crippen molar-refractivity contribution in [3.8, 4) is 17.2 Å². The van der Waals surface area contributed by atoms with Gasteiger partial charge in [0.05, 0.1) is 39.1 Å². The number of carbonyl (C=O) groups is 2. The number of hydrogen-bond donors (Lipinski definition) is 1. The van der Waals surface area contributed by atoms with Crippen molar-refractivity contribution in [1.29, 1.82) is 0 Å². The molecule has 0 spiro atoms. The minimum absolute atomic E-state index is 0.169. The van der Waals surface area contributed by atoms with E-state index < -0.39 is 5.91 Å². The second-order valence-electron chi connectivity index (χ2n) is 7.85. The molecule has 174 valence electrons. The molecule has 7 heteroatoms. The first-order chi connectivity index (χ1) is 16.4. The maximum absolute atomic E-state index is 13.5. The maximum Gasteiger partial charge on any atom is 0.278 e. The minimum Gasteiger partial charge on any atom is -0.497 e. The molecule has 3 aromatic rings. The highest BCUT2D eigenvalue weighted by atomic mass is 16.5. The smallest absolute Gasteiger partial charge is 0.278 e. The number of hydrogen-bond acceptors (Lipinski definition) is 6. The Labute approximate surface area is 198 Å². The molecule has 0 aliphatic carbocycles. The lowest BCUT2D eigenvalue weighted by atomic mass is 10.0. The second kappa shape index (κ2) is 9.70. The summed E-state index contributed by atoms with van der Waals surface area (Å²) in [5, 5.41) is 3.15. The minimum atomic E-state index is -0.408. The molecule has 0 bridgehead atoms. The number of carbonyl (C=O) groups excluding carboxylic acids is 2.